The maximum absolute atomic E-state index is 12.5. The summed E-state index contributed by atoms with van der Waals surface area (Å²) in [7, 11) is 0. The summed E-state index contributed by atoms with van der Waals surface area (Å²) in [4.78, 5) is 17.1. The molecule has 1 heterocycles. The van der Waals surface area contributed by atoms with Crippen LogP contribution in [0.15, 0.2) is 59.0 Å². The second kappa shape index (κ2) is 7.30. The van der Waals surface area contributed by atoms with Crippen LogP contribution in [0.2, 0.25) is 10.0 Å². The van der Waals surface area contributed by atoms with Crippen LogP contribution < -0.4 is 5.32 Å². The first-order valence-electron chi connectivity index (χ1n) is 8.65. The van der Waals surface area contributed by atoms with Gasteiger partial charge in [-0.25, -0.2) is 4.98 Å². The maximum Gasteiger partial charge on any atom is 0.255 e. The predicted octanol–water partition coefficient (Wildman–Crippen LogP) is 6.67. The number of oxazole rings is 1. The van der Waals surface area contributed by atoms with Gasteiger partial charge in [0.1, 0.15) is 5.52 Å². The third-order valence-electron chi connectivity index (χ3n) is 4.36. The number of aromatic nitrogens is 1. The molecule has 0 saturated carbocycles. The second-order valence-corrected chi connectivity index (χ2v) is 7.45. The van der Waals surface area contributed by atoms with E-state index in [2.05, 4.69) is 10.3 Å². The summed E-state index contributed by atoms with van der Waals surface area (Å²) in [5.74, 6) is 0.146. The van der Waals surface area contributed by atoms with Gasteiger partial charge in [0.05, 0.1) is 10.6 Å². The van der Waals surface area contributed by atoms with Gasteiger partial charge in [0, 0.05) is 16.3 Å². The van der Waals surface area contributed by atoms with Crippen molar-refractivity contribution in [1.82, 2.24) is 4.98 Å². The van der Waals surface area contributed by atoms with E-state index in [1.54, 1.807) is 42.5 Å². The molecule has 0 spiro atoms. The van der Waals surface area contributed by atoms with E-state index in [0.29, 0.717) is 32.8 Å². The van der Waals surface area contributed by atoms with E-state index in [0.717, 1.165) is 22.2 Å². The van der Waals surface area contributed by atoms with Crippen LogP contribution in [-0.4, -0.2) is 10.9 Å². The van der Waals surface area contributed by atoms with E-state index < -0.39 is 0 Å². The Kier molecular flexibility index (Phi) is 4.84. The Hall–Kier alpha value is -2.82. The van der Waals surface area contributed by atoms with Gasteiger partial charge in [0.2, 0.25) is 5.89 Å². The van der Waals surface area contributed by atoms with E-state index in [9.17, 15) is 4.79 Å². The molecule has 1 amide bonds. The highest BCUT2D eigenvalue weighted by Gasteiger charge is 2.15. The lowest BCUT2D eigenvalue weighted by Crippen LogP contribution is -2.11. The average molecular weight is 411 g/mol. The number of carbonyl (C=O) groups is 1. The lowest BCUT2D eigenvalue weighted by atomic mass is 10.1. The average Bonchev–Trinajstić information content (AvgIpc) is 3.07. The van der Waals surface area contributed by atoms with Gasteiger partial charge in [-0.05, 0) is 67.4 Å². The first-order valence-corrected chi connectivity index (χ1v) is 9.41. The van der Waals surface area contributed by atoms with Gasteiger partial charge in [-0.2, -0.15) is 0 Å². The number of hydrogen-bond acceptors (Lipinski definition) is 3. The Balaban J connectivity index is 1.70. The minimum absolute atomic E-state index is 0.264. The zero-order chi connectivity index (χ0) is 19.8. The molecule has 0 aliphatic carbocycles. The highest BCUT2D eigenvalue weighted by Crippen LogP contribution is 2.33. The molecule has 140 valence electrons. The molecule has 0 atom stereocenters. The van der Waals surface area contributed by atoms with Gasteiger partial charge in [0.15, 0.2) is 5.58 Å². The molecule has 0 unspecified atom stereocenters. The van der Waals surface area contributed by atoms with Crippen molar-refractivity contribution in [2.45, 2.75) is 13.8 Å². The SMILES string of the molecule is Cc1cc(C)c2oc(-c3cc(NC(=O)c4cccc(Cl)c4)ccc3Cl)nc2c1. The maximum atomic E-state index is 12.5. The molecule has 4 aromatic rings. The molecule has 0 fully saturated rings. The molecule has 6 heteroatoms. The number of nitrogens with one attached hydrogen (secondary N) is 1. The molecule has 4 rings (SSSR count). The number of anilines is 1. The van der Waals surface area contributed by atoms with Gasteiger partial charge < -0.3 is 9.73 Å². The van der Waals surface area contributed by atoms with Crippen molar-refractivity contribution in [3.8, 4) is 11.5 Å². The molecule has 3 aromatic carbocycles. The molecule has 0 radical (unpaired) electrons. The Bertz CT molecular complexity index is 1210. The number of carbonyl (C=O) groups excluding carboxylic acids is 1. The van der Waals surface area contributed by atoms with E-state index >= 15 is 0 Å². The van der Waals surface area contributed by atoms with Crippen molar-refractivity contribution in [1.29, 1.82) is 0 Å². The molecule has 1 N–H and O–H groups in total. The molecular formula is C22H16Cl2N2O2. The van der Waals surface area contributed by atoms with E-state index in [-0.39, 0.29) is 5.91 Å². The second-order valence-electron chi connectivity index (χ2n) is 6.61. The number of rotatable bonds is 3. The summed E-state index contributed by atoms with van der Waals surface area (Å²) in [6.07, 6.45) is 0. The molecule has 0 bridgehead atoms. The van der Waals surface area contributed by atoms with E-state index in [1.807, 2.05) is 26.0 Å². The van der Waals surface area contributed by atoms with Crippen LogP contribution in [0.3, 0.4) is 0 Å². The Labute approximate surface area is 172 Å². The zero-order valence-electron chi connectivity index (χ0n) is 15.2. The summed E-state index contributed by atoms with van der Waals surface area (Å²) in [5, 5.41) is 3.84. The van der Waals surface area contributed by atoms with Crippen LogP contribution in [0.5, 0.6) is 0 Å². The van der Waals surface area contributed by atoms with Crippen molar-refractivity contribution >= 4 is 45.9 Å². The fraction of sp³-hybridized carbons (Fsp3) is 0.0909. The zero-order valence-corrected chi connectivity index (χ0v) is 16.7. The summed E-state index contributed by atoms with van der Waals surface area (Å²) in [5.41, 5.74) is 5.28. The number of benzene rings is 3. The third kappa shape index (κ3) is 3.61. The van der Waals surface area contributed by atoms with Crippen LogP contribution in [-0.2, 0) is 0 Å². The van der Waals surface area contributed by atoms with Crippen molar-refractivity contribution < 1.29 is 9.21 Å². The Morgan fingerprint density at radius 3 is 2.64 bits per heavy atom. The van der Waals surface area contributed by atoms with Gasteiger partial charge in [-0.1, -0.05) is 35.3 Å². The Morgan fingerprint density at radius 1 is 1.04 bits per heavy atom. The number of amides is 1. The predicted molar refractivity (Wildman–Crippen MR) is 113 cm³/mol. The van der Waals surface area contributed by atoms with Crippen molar-refractivity contribution in [2.24, 2.45) is 0 Å². The number of halogens is 2. The standard InChI is InChI=1S/C22H16Cl2N2O2/c1-12-8-13(2)20-19(9-12)26-22(28-20)17-11-16(6-7-18(17)24)25-21(27)14-4-3-5-15(23)10-14/h3-11H,1-2H3,(H,25,27). The highest BCUT2D eigenvalue weighted by atomic mass is 35.5. The van der Waals surface area contributed by atoms with Gasteiger partial charge >= 0.3 is 0 Å². The molecule has 28 heavy (non-hydrogen) atoms. The van der Waals surface area contributed by atoms with Gasteiger partial charge in [-0.3, -0.25) is 4.79 Å². The fourth-order valence-electron chi connectivity index (χ4n) is 3.09. The summed E-state index contributed by atoms with van der Waals surface area (Å²) < 4.78 is 5.96. The monoisotopic (exact) mass is 410 g/mol. The van der Waals surface area contributed by atoms with Gasteiger partial charge in [-0.15, -0.1) is 0 Å². The summed E-state index contributed by atoms with van der Waals surface area (Å²) in [6.45, 7) is 3.99. The lowest BCUT2D eigenvalue weighted by molar-refractivity contribution is 0.102. The van der Waals surface area contributed by atoms with E-state index in [1.165, 1.54) is 0 Å². The van der Waals surface area contributed by atoms with Crippen LogP contribution in [0.4, 0.5) is 5.69 Å². The molecule has 4 nitrogen and oxygen atoms in total. The van der Waals surface area contributed by atoms with Crippen LogP contribution in [0.1, 0.15) is 21.5 Å². The minimum atomic E-state index is -0.264. The fourth-order valence-corrected chi connectivity index (χ4v) is 3.48. The lowest BCUT2D eigenvalue weighted by Gasteiger charge is -2.08. The molecule has 0 aliphatic heterocycles. The number of fused-ring (bicyclic) bond motifs is 1. The molecular weight excluding hydrogens is 395 g/mol. The number of nitrogens with zero attached hydrogens (tertiary/aromatic N) is 1. The molecule has 0 saturated heterocycles. The largest absolute Gasteiger partial charge is 0.436 e. The van der Waals surface area contributed by atoms with Crippen LogP contribution >= 0.6 is 23.2 Å². The van der Waals surface area contributed by atoms with Crippen molar-refractivity contribution in [2.75, 3.05) is 5.32 Å². The minimum Gasteiger partial charge on any atom is -0.436 e. The van der Waals surface area contributed by atoms with Crippen LogP contribution in [0.25, 0.3) is 22.6 Å². The normalized spacial score (nSPS) is 11.0. The topological polar surface area (TPSA) is 55.1 Å². The third-order valence-corrected chi connectivity index (χ3v) is 4.93. The van der Waals surface area contributed by atoms with Crippen LogP contribution in [0, 0.1) is 13.8 Å². The van der Waals surface area contributed by atoms with Gasteiger partial charge in [0.25, 0.3) is 5.91 Å². The smallest absolute Gasteiger partial charge is 0.255 e. The number of aryl methyl sites for hydroxylation is 2. The summed E-state index contributed by atoms with van der Waals surface area (Å²) >= 11 is 12.3. The molecule has 0 aliphatic rings. The quantitative estimate of drug-likeness (QED) is 0.410. The number of hydrogen-bond donors (Lipinski definition) is 1. The van der Waals surface area contributed by atoms with Crippen molar-refractivity contribution in [3.05, 3.63) is 81.3 Å². The van der Waals surface area contributed by atoms with E-state index in [4.69, 9.17) is 27.6 Å². The first kappa shape index (κ1) is 18.5. The molecule has 1 aromatic heterocycles. The highest BCUT2D eigenvalue weighted by molar-refractivity contribution is 6.33. The Morgan fingerprint density at radius 2 is 1.86 bits per heavy atom. The summed E-state index contributed by atoms with van der Waals surface area (Å²) in [6, 6.07) is 15.9. The first-order chi connectivity index (χ1) is 13.4. The van der Waals surface area contributed by atoms with Crippen molar-refractivity contribution in [3.63, 3.8) is 0 Å².